The standard InChI is InChI=1S/C19H20N4O2S/c1-25-22-19(24)13-6-7-17-15(12-13)21-18(23-10-8-20-9-11-23)14-4-2-3-5-16(14)26-17/h2-7,12,20H,8-11H2,1H3,(H,22,24). The fourth-order valence-corrected chi connectivity index (χ4v) is 4.13. The van der Waals surface area contributed by atoms with Crippen molar-refractivity contribution >= 4 is 29.2 Å². The van der Waals surface area contributed by atoms with Crippen LogP contribution in [-0.2, 0) is 4.84 Å². The second-order valence-corrected chi connectivity index (χ2v) is 7.17. The number of rotatable bonds is 2. The van der Waals surface area contributed by atoms with E-state index in [1.165, 1.54) is 12.0 Å². The summed E-state index contributed by atoms with van der Waals surface area (Å²) in [5.74, 6) is 0.693. The van der Waals surface area contributed by atoms with Crippen molar-refractivity contribution in [3.05, 3.63) is 53.6 Å². The van der Waals surface area contributed by atoms with Crippen molar-refractivity contribution in [3.8, 4) is 0 Å². The molecule has 2 aromatic carbocycles. The molecule has 2 aromatic rings. The second-order valence-electron chi connectivity index (χ2n) is 6.09. The molecule has 2 aliphatic heterocycles. The lowest BCUT2D eigenvalue weighted by Crippen LogP contribution is -2.46. The van der Waals surface area contributed by atoms with Gasteiger partial charge in [0.25, 0.3) is 5.91 Å². The van der Waals surface area contributed by atoms with Gasteiger partial charge in [0.2, 0.25) is 0 Å². The molecule has 26 heavy (non-hydrogen) atoms. The minimum absolute atomic E-state index is 0.277. The molecule has 0 atom stereocenters. The molecule has 1 amide bonds. The summed E-state index contributed by atoms with van der Waals surface area (Å²) in [6, 6.07) is 13.9. The van der Waals surface area contributed by atoms with Gasteiger partial charge in [0.1, 0.15) is 5.84 Å². The molecule has 1 saturated heterocycles. The summed E-state index contributed by atoms with van der Waals surface area (Å²) < 4.78 is 0. The molecule has 0 spiro atoms. The highest BCUT2D eigenvalue weighted by Gasteiger charge is 2.23. The number of hydrogen-bond donors (Lipinski definition) is 2. The Labute approximate surface area is 156 Å². The van der Waals surface area contributed by atoms with Crippen LogP contribution in [0.1, 0.15) is 15.9 Å². The van der Waals surface area contributed by atoms with E-state index in [1.807, 2.05) is 24.3 Å². The molecule has 6 nitrogen and oxygen atoms in total. The van der Waals surface area contributed by atoms with Gasteiger partial charge in [0.15, 0.2) is 0 Å². The van der Waals surface area contributed by atoms with Crippen molar-refractivity contribution < 1.29 is 9.63 Å². The Morgan fingerprint density at radius 2 is 2.00 bits per heavy atom. The predicted molar refractivity (Wildman–Crippen MR) is 102 cm³/mol. The number of hydroxylamine groups is 1. The molecule has 7 heteroatoms. The molecule has 0 aromatic heterocycles. The minimum Gasteiger partial charge on any atom is -0.354 e. The molecule has 2 heterocycles. The summed E-state index contributed by atoms with van der Waals surface area (Å²) in [4.78, 5) is 26.4. The smallest absolute Gasteiger partial charge is 0.274 e. The first kappa shape index (κ1) is 17.1. The van der Waals surface area contributed by atoms with Crippen LogP contribution in [0.3, 0.4) is 0 Å². The summed E-state index contributed by atoms with van der Waals surface area (Å²) in [5.41, 5.74) is 4.84. The number of amides is 1. The van der Waals surface area contributed by atoms with Crippen molar-refractivity contribution in [2.75, 3.05) is 33.3 Å². The van der Waals surface area contributed by atoms with Crippen LogP contribution in [0, 0.1) is 0 Å². The lowest BCUT2D eigenvalue weighted by atomic mass is 10.1. The number of benzene rings is 2. The van der Waals surface area contributed by atoms with E-state index in [2.05, 4.69) is 27.8 Å². The number of piperazine rings is 1. The van der Waals surface area contributed by atoms with Crippen LogP contribution < -0.4 is 10.8 Å². The Kier molecular flexibility index (Phi) is 4.92. The van der Waals surface area contributed by atoms with Crippen LogP contribution in [0.25, 0.3) is 0 Å². The Hall–Kier alpha value is -2.35. The van der Waals surface area contributed by atoms with Gasteiger partial charge >= 0.3 is 0 Å². The number of aliphatic imine (C=N–C) groups is 1. The van der Waals surface area contributed by atoms with E-state index >= 15 is 0 Å². The monoisotopic (exact) mass is 368 g/mol. The summed E-state index contributed by atoms with van der Waals surface area (Å²) in [6.45, 7) is 3.71. The van der Waals surface area contributed by atoms with Gasteiger partial charge in [-0.1, -0.05) is 30.0 Å². The van der Waals surface area contributed by atoms with Crippen molar-refractivity contribution in [1.82, 2.24) is 15.7 Å². The third-order valence-electron chi connectivity index (χ3n) is 4.41. The summed E-state index contributed by atoms with van der Waals surface area (Å²) in [5, 5.41) is 3.38. The fraction of sp³-hybridized carbons (Fsp3) is 0.263. The van der Waals surface area contributed by atoms with E-state index in [0.717, 1.165) is 48.2 Å². The van der Waals surface area contributed by atoms with Gasteiger partial charge < -0.3 is 10.2 Å². The normalized spacial score (nSPS) is 16.2. The molecule has 1 fully saturated rings. The summed E-state index contributed by atoms with van der Waals surface area (Å²) >= 11 is 1.69. The molecule has 0 radical (unpaired) electrons. The number of carbonyl (C=O) groups excluding carboxylic acids is 1. The Balaban J connectivity index is 1.80. The van der Waals surface area contributed by atoms with Crippen LogP contribution in [-0.4, -0.2) is 49.9 Å². The molecule has 4 rings (SSSR count). The zero-order valence-electron chi connectivity index (χ0n) is 14.5. The quantitative estimate of drug-likeness (QED) is 0.797. The molecule has 0 bridgehead atoms. The maximum absolute atomic E-state index is 12.1. The zero-order valence-corrected chi connectivity index (χ0v) is 15.3. The molecule has 0 unspecified atom stereocenters. The molecule has 0 saturated carbocycles. The minimum atomic E-state index is -0.277. The van der Waals surface area contributed by atoms with Crippen LogP contribution in [0.2, 0.25) is 0 Å². The van der Waals surface area contributed by atoms with Crippen LogP contribution in [0.5, 0.6) is 0 Å². The maximum atomic E-state index is 12.1. The third-order valence-corrected chi connectivity index (χ3v) is 5.55. The van der Waals surface area contributed by atoms with Crippen molar-refractivity contribution in [2.24, 2.45) is 4.99 Å². The average molecular weight is 368 g/mol. The van der Waals surface area contributed by atoms with Gasteiger partial charge in [0.05, 0.1) is 12.8 Å². The van der Waals surface area contributed by atoms with Gasteiger partial charge in [-0.2, -0.15) is 0 Å². The first-order valence-electron chi connectivity index (χ1n) is 8.55. The first-order valence-corrected chi connectivity index (χ1v) is 9.37. The molecule has 2 N–H and O–H groups in total. The highest BCUT2D eigenvalue weighted by Crippen LogP contribution is 2.41. The zero-order chi connectivity index (χ0) is 17.9. The largest absolute Gasteiger partial charge is 0.354 e. The van der Waals surface area contributed by atoms with E-state index in [9.17, 15) is 4.79 Å². The van der Waals surface area contributed by atoms with Gasteiger partial charge in [-0.3, -0.25) is 9.63 Å². The van der Waals surface area contributed by atoms with Crippen LogP contribution in [0.15, 0.2) is 57.2 Å². The summed E-state index contributed by atoms with van der Waals surface area (Å²) in [6.07, 6.45) is 0. The van der Waals surface area contributed by atoms with Crippen LogP contribution >= 0.6 is 11.8 Å². The topological polar surface area (TPSA) is 66.0 Å². The van der Waals surface area contributed by atoms with Gasteiger partial charge in [0, 0.05) is 47.1 Å². The number of fused-ring (bicyclic) bond motifs is 2. The lowest BCUT2D eigenvalue weighted by molar-refractivity contribution is 0.0537. The lowest BCUT2D eigenvalue weighted by Gasteiger charge is -2.30. The Bertz CT molecular complexity index is 862. The molecule has 134 valence electrons. The summed E-state index contributed by atoms with van der Waals surface area (Å²) in [7, 11) is 1.43. The number of nitrogens with zero attached hydrogens (tertiary/aromatic N) is 2. The van der Waals surface area contributed by atoms with Crippen molar-refractivity contribution in [1.29, 1.82) is 0 Å². The van der Waals surface area contributed by atoms with Gasteiger partial charge in [-0.25, -0.2) is 10.5 Å². The number of hydrogen-bond acceptors (Lipinski definition) is 6. The van der Waals surface area contributed by atoms with Crippen molar-refractivity contribution in [3.63, 3.8) is 0 Å². The van der Waals surface area contributed by atoms with Crippen molar-refractivity contribution in [2.45, 2.75) is 9.79 Å². The highest BCUT2D eigenvalue weighted by molar-refractivity contribution is 7.99. The fourth-order valence-electron chi connectivity index (χ4n) is 3.13. The first-order chi connectivity index (χ1) is 12.8. The van der Waals surface area contributed by atoms with Gasteiger partial charge in [-0.05, 0) is 24.3 Å². The van der Waals surface area contributed by atoms with E-state index < -0.39 is 0 Å². The highest BCUT2D eigenvalue weighted by atomic mass is 32.2. The molecular formula is C19H20N4O2S. The Morgan fingerprint density at radius 3 is 2.81 bits per heavy atom. The van der Waals surface area contributed by atoms with Gasteiger partial charge in [-0.15, -0.1) is 0 Å². The molecule has 0 aliphatic carbocycles. The van der Waals surface area contributed by atoms with E-state index in [4.69, 9.17) is 9.83 Å². The van der Waals surface area contributed by atoms with Crippen LogP contribution in [0.4, 0.5) is 5.69 Å². The SMILES string of the molecule is CONC(=O)c1ccc2c(c1)N=C(N1CCNCC1)c1ccccc1S2. The molecular weight excluding hydrogens is 348 g/mol. The second kappa shape index (κ2) is 7.49. The Morgan fingerprint density at radius 1 is 1.19 bits per heavy atom. The molecule has 2 aliphatic rings. The van der Waals surface area contributed by atoms with E-state index in [1.54, 1.807) is 17.8 Å². The van der Waals surface area contributed by atoms with E-state index in [0.29, 0.717) is 5.56 Å². The van der Waals surface area contributed by atoms with E-state index in [-0.39, 0.29) is 5.91 Å². The number of amidine groups is 1. The number of nitrogens with one attached hydrogen (secondary N) is 2. The maximum Gasteiger partial charge on any atom is 0.274 e. The third kappa shape index (κ3) is 3.33. The average Bonchev–Trinajstić information content (AvgIpc) is 2.85. The predicted octanol–water partition coefficient (Wildman–Crippen LogP) is 2.43. The number of carbonyl (C=O) groups is 1.